The number of pyridine rings is 1. The lowest BCUT2D eigenvalue weighted by Gasteiger charge is -2.27. The van der Waals surface area contributed by atoms with Crippen molar-refractivity contribution in [2.45, 2.75) is 44.8 Å². The van der Waals surface area contributed by atoms with Crippen molar-refractivity contribution in [3.05, 3.63) is 46.9 Å². The highest BCUT2D eigenvalue weighted by atomic mass is 35.5. The average Bonchev–Trinajstić information content (AvgIpc) is 3.02. The van der Waals surface area contributed by atoms with Crippen LogP contribution >= 0.6 is 11.6 Å². The fourth-order valence-corrected chi connectivity index (χ4v) is 4.22. The average molecular weight is 381 g/mol. The monoisotopic (exact) mass is 380 g/mol. The first-order valence-electron chi connectivity index (χ1n) is 9.12. The molecule has 4 rings (SSSR count). The largest absolute Gasteiger partial charge is 0.396 e. The van der Waals surface area contributed by atoms with E-state index in [1.165, 1.54) is 0 Å². The van der Waals surface area contributed by atoms with E-state index in [1.807, 2.05) is 13.0 Å². The van der Waals surface area contributed by atoms with Gasteiger partial charge < -0.3 is 15.4 Å². The molecule has 0 atom stereocenters. The van der Waals surface area contributed by atoms with Gasteiger partial charge in [0.05, 0.1) is 34.6 Å². The van der Waals surface area contributed by atoms with E-state index in [0.717, 1.165) is 53.3 Å². The SMILES string of the molecule is Cc1cc2c(cc1C#N)c(-c1cncc(N)c1Cl)cn2[C@H]1CC[C@H](O)CC1. The van der Waals surface area contributed by atoms with Gasteiger partial charge in [0.2, 0.25) is 0 Å². The van der Waals surface area contributed by atoms with E-state index in [2.05, 4.69) is 27.9 Å². The number of nitriles is 1. The quantitative estimate of drug-likeness (QED) is 0.680. The molecule has 6 heteroatoms. The molecule has 3 N–H and O–H groups in total. The molecule has 1 saturated carbocycles. The number of benzene rings is 1. The number of halogens is 1. The Balaban J connectivity index is 1.96. The molecule has 1 fully saturated rings. The molecule has 27 heavy (non-hydrogen) atoms. The molecule has 1 aliphatic rings. The van der Waals surface area contributed by atoms with Crippen molar-refractivity contribution in [2.24, 2.45) is 0 Å². The Morgan fingerprint density at radius 2 is 1.96 bits per heavy atom. The molecular weight excluding hydrogens is 360 g/mol. The number of nitrogen functional groups attached to an aromatic ring is 1. The highest BCUT2D eigenvalue weighted by Gasteiger charge is 2.24. The number of nitrogens with two attached hydrogens (primary N) is 1. The van der Waals surface area contributed by atoms with Crippen molar-refractivity contribution < 1.29 is 5.11 Å². The third-order valence-corrected chi connectivity index (χ3v) is 5.98. The number of anilines is 1. The molecule has 0 radical (unpaired) electrons. The first-order chi connectivity index (χ1) is 13.0. The smallest absolute Gasteiger partial charge is 0.0994 e. The van der Waals surface area contributed by atoms with Gasteiger partial charge >= 0.3 is 0 Å². The minimum atomic E-state index is -0.206. The lowest BCUT2D eigenvalue weighted by Crippen LogP contribution is -2.20. The summed E-state index contributed by atoms with van der Waals surface area (Å²) in [5.74, 6) is 0. The minimum absolute atomic E-state index is 0.206. The Bertz CT molecular complexity index is 1060. The lowest BCUT2D eigenvalue weighted by atomic mass is 9.93. The number of aliphatic hydroxyl groups is 1. The van der Waals surface area contributed by atoms with Crippen LogP contribution in [0.1, 0.15) is 42.9 Å². The number of hydrogen-bond donors (Lipinski definition) is 2. The summed E-state index contributed by atoms with van der Waals surface area (Å²) in [6.07, 6.45) is 8.59. The van der Waals surface area contributed by atoms with Crippen LogP contribution < -0.4 is 5.73 Å². The standard InChI is InChI=1S/C21H21ClN4O/c1-12-6-20-16(7-13(12)8-23)18(17-9-25-10-19(24)21(17)22)11-26(20)14-2-4-15(27)5-3-14/h6-7,9-11,14-15,27H,2-5,24H2,1H3/t14-,15-. The Morgan fingerprint density at radius 3 is 2.67 bits per heavy atom. The van der Waals surface area contributed by atoms with E-state index in [9.17, 15) is 10.4 Å². The van der Waals surface area contributed by atoms with Crippen molar-refractivity contribution in [3.63, 3.8) is 0 Å². The van der Waals surface area contributed by atoms with Crippen LogP contribution in [0, 0.1) is 18.3 Å². The molecule has 0 bridgehead atoms. The highest BCUT2D eigenvalue weighted by molar-refractivity contribution is 6.36. The molecule has 0 amide bonds. The van der Waals surface area contributed by atoms with Gasteiger partial charge in [0.1, 0.15) is 0 Å². The predicted octanol–water partition coefficient (Wildman–Crippen LogP) is 4.60. The molecule has 1 aromatic carbocycles. The topological polar surface area (TPSA) is 87.9 Å². The summed E-state index contributed by atoms with van der Waals surface area (Å²) in [7, 11) is 0. The molecule has 0 unspecified atom stereocenters. The van der Waals surface area contributed by atoms with Crippen molar-refractivity contribution in [1.82, 2.24) is 9.55 Å². The third-order valence-electron chi connectivity index (χ3n) is 5.56. The molecule has 2 aromatic heterocycles. The molecule has 138 valence electrons. The summed E-state index contributed by atoms with van der Waals surface area (Å²) < 4.78 is 2.27. The van der Waals surface area contributed by atoms with Gasteiger partial charge in [-0.3, -0.25) is 4.98 Å². The van der Waals surface area contributed by atoms with Crippen molar-refractivity contribution in [1.29, 1.82) is 5.26 Å². The van der Waals surface area contributed by atoms with E-state index in [4.69, 9.17) is 17.3 Å². The number of nitrogens with zero attached hydrogens (tertiary/aromatic N) is 3. The van der Waals surface area contributed by atoms with Crippen LogP contribution in [-0.2, 0) is 0 Å². The van der Waals surface area contributed by atoms with Gasteiger partial charge in [0, 0.05) is 40.5 Å². The molecule has 3 aromatic rings. The van der Waals surface area contributed by atoms with Crippen molar-refractivity contribution in [3.8, 4) is 17.2 Å². The van der Waals surface area contributed by atoms with Gasteiger partial charge in [-0.15, -0.1) is 0 Å². The van der Waals surface area contributed by atoms with E-state index < -0.39 is 0 Å². The minimum Gasteiger partial charge on any atom is -0.396 e. The lowest BCUT2D eigenvalue weighted by molar-refractivity contribution is 0.111. The maximum atomic E-state index is 9.86. The number of aliphatic hydroxyl groups excluding tert-OH is 1. The first kappa shape index (κ1) is 17.8. The second-order valence-corrected chi connectivity index (χ2v) is 7.68. The summed E-state index contributed by atoms with van der Waals surface area (Å²) in [6.45, 7) is 1.95. The van der Waals surface area contributed by atoms with Gasteiger partial charge in [-0.25, -0.2) is 0 Å². The van der Waals surface area contributed by atoms with Crippen molar-refractivity contribution >= 4 is 28.2 Å². The van der Waals surface area contributed by atoms with Crippen LogP contribution in [0.25, 0.3) is 22.0 Å². The molecular formula is C21H21ClN4O. The summed E-state index contributed by atoms with van der Waals surface area (Å²) in [6, 6.07) is 6.57. The van der Waals surface area contributed by atoms with Crippen LogP contribution in [0.4, 0.5) is 5.69 Å². The Hall–Kier alpha value is -2.55. The van der Waals surface area contributed by atoms with E-state index in [1.54, 1.807) is 12.4 Å². The van der Waals surface area contributed by atoms with E-state index in [0.29, 0.717) is 22.3 Å². The Kier molecular flexibility index (Phi) is 4.55. The van der Waals surface area contributed by atoms with Crippen molar-refractivity contribution in [2.75, 3.05) is 5.73 Å². The zero-order valence-electron chi connectivity index (χ0n) is 15.1. The third kappa shape index (κ3) is 3.05. The first-order valence-corrected chi connectivity index (χ1v) is 9.50. The number of hydrogen-bond acceptors (Lipinski definition) is 4. The second kappa shape index (κ2) is 6.88. The number of aryl methyl sites for hydroxylation is 1. The number of fused-ring (bicyclic) bond motifs is 1. The van der Waals surface area contributed by atoms with Gasteiger partial charge in [0.15, 0.2) is 0 Å². The zero-order chi connectivity index (χ0) is 19.1. The normalized spacial score (nSPS) is 19.9. The highest BCUT2D eigenvalue weighted by Crippen LogP contribution is 2.41. The molecule has 0 saturated heterocycles. The van der Waals surface area contributed by atoms with Gasteiger partial charge in [-0.1, -0.05) is 11.6 Å². The van der Waals surface area contributed by atoms with E-state index in [-0.39, 0.29) is 6.10 Å². The zero-order valence-corrected chi connectivity index (χ0v) is 15.9. The van der Waals surface area contributed by atoms with E-state index >= 15 is 0 Å². The van der Waals surface area contributed by atoms with Crippen LogP contribution in [0.2, 0.25) is 5.02 Å². The molecule has 2 heterocycles. The predicted molar refractivity (Wildman–Crippen MR) is 108 cm³/mol. The van der Waals surface area contributed by atoms with Crippen LogP contribution in [0.3, 0.4) is 0 Å². The van der Waals surface area contributed by atoms with Gasteiger partial charge in [-0.2, -0.15) is 5.26 Å². The summed E-state index contributed by atoms with van der Waals surface area (Å²) in [5.41, 5.74) is 10.8. The Morgan fingerprint density at radius 1 is 1.22 bits per heavy atom. The molecule has 5 nitrogen and oxygen atoms in total. The maximum Gasteiger partial charge on any atom is 0.0994 e. The van der Waals surface area contributed by atoms with Crippen LogP contribution in [-0.4, -0.2) is 20.8 Å². The summed E-state index contributed by atoms with van der Waals surface area (Å²) in [4.78, 5) is 4.20. The van der Waals surface area contributed by atoms with Gasteiger partial charge in [-0.05, 0) is 50.3 Å². The fraction of sp³-hybridized carbons (Fsp3) is 0.333. The summed E-state index contributed by atoms with van der Waals surface area (Å²) >= 11 is 6.47. The fourth-order valence-electron chi connectivity index (χ4n) is 4.02. The molecule has 1 aliphatic carbocycles. The van der Waals surface area contributed by atoms with Crippen LogP contribution in [0.5, 0.6) is 0 Å². The molecule has 0 spiro atoms. The van der Waals surface area contributed by atoms with Gasteiger partial charge in [0.25, 0.3) is 0 Å². The Labute approximate surface area is 163 Å². The number of aromatic nitrogens is 2. The van der Waals surface area contributed by atoms with Crippen LogP contribution in [0.15, 0.2) is 30.7 Å². The second-order valence-electron chi connectivity index (χ2n) is 7.30. The summed E-state index contributed by atoms with van der Waals surface area (Å²) in [5, 5.41) is 20.8. The number of rotatable bonds is 2. The molecule has 0 aliphatic heterocycles. The maximum absolute atomic E-state index is 9.86.